The Morgan fingerprint density at radius 2 is 1.79 bits per heavy atom. The molecule has 1 aromatic heterocycles. The van der Waals surface area contributed by atoms with E-state index in [-0.39, 0.29) is 0 Å². The maximum absolute atomic E-state index is 6.08. The van der Waals surface area contributed by atoms with Gasteiger partial charge in [0.25, 0.3) is 0 Å². The fourth-order valence-electron chi connectivity index (χ4n) is 1.82. The minimum Gasteiger partial charge on any atom is -0.438 e. The van der Waals surface area contributed by atoms with Gasteiger partial charge in [-0.1, -0.05) is 41.9 Å². The smallest absolute Gasteiger partial charge is 0.238 e. The predicted molar refractivity (Wildman–Crippen MR) is 81.0 cm³/mol. The zero-order valence-corrected chi connectivity index (χ0v) is 12.1. The van der Waals surface area contributed by atoms with E-state index in [1.165, 1.54) is 5.39 Å². The zero-order chi connectivity index (χ0) is 13.2. The molecule has 3 aromatic rings. The number of nitrogens with zero attached hydrogens (tertiary/aromatic N) is 1. The quantitative estimate of drug-likeness (QED) is 0.622. The highest BCUT2D eigenvalue weighted by Gasteiger charge is 2.06. The molecule has 1 heterocycles. The van der Waals surface area contributed by atoms with Crippen LogP contribution < -0.4 is 4.74 Å². The fraction of sp³-hybridized carbons (Fsp3) is 0. The fourth-order valence-corrected chi connectivity index (χ4v) is 2.49. The van der Waals surface area contributed by atoms with Crippen molar-refractivity contribution >= 4 is 38.3 Å². The molecule has 0 spiro atoms. The van der Waals surface area contributed by atoms with Crippen LogP contribution in [-0.2, 0) is 0 Å². The van der Waals surface area contributed by atoms with Crippen LogP contribution >= 0.6 is 27.5 Å². The SMILES string of the molecule is Clc1cc(Br)cnc1Oc1ccc2ccccc2c1. The van der Waals surface area contributed by atoms with Gasteiger partial charge in [-0.25, -0.2) is 4.98 Å². The zero-order valence-electron chi connectivity index (χ0n) is 9.81. The van der Waals surface area contributed by atoms with Crippen molar-refractivity contribution < 1.29 is 4.74 Å². The molecule has 0 radical (unpaired) electrons. The number of pyridine rings is 1. The van der Waals surface area contributed by atoms with Gasteiger partial charge in [-0.15, -0.1) is 0 Å². The first-order valence-corrected chi connectivity index (χ1v) is 6.87. The summed E-state index contributed by atoms with van der Waals surface area (Å²) in [5, 5.41) is 2.76. The number of hydrogen-bond donors (Lipinski definition) is 0. The number of fused-ring (bicyclic) bond motifs is 1. The van der Waals surface area contributed by atoms with E-state index in [2.05, 4.69) is 27.0 Å². The molecule has 0 bridgehead atoms. The summed E-state index contributed by atoms with van der Waals surface area (Å²) < 4.78 is 6.53. The molecular formula is C15H9BrClNO. The van der Waals surface area contributed by atoms with Crippen LogP contribution in [0.1, 0.15) is 0 Å². The minimum absolute atomic E-state index is 0.403. The summed E-state index contributed by atoms with van der Waals surface area (Å²) in [6.07, 6.45) is 1.66. The number of rotatable bonds is 2. The first-order chi connectivity index (χ1) is 9.22. The number of benzene rings is 2. The Bertz CT molecular complexity index is 745. The second-order valence-electron chi connectivity index (χ2n) is 4.05. The number of ether oxygens (including phenoxy) is 1. The lowest BCUT2D eigenvalue weighted by atomic mass is 10.1. The maximum atomic E-state index is 6.08. The van der Waals surface area contributed by atoms with E-state index in [0.29, 0.717) is 10.9 Å². The van der Waals surface area contributed by atoms with Crippen molar-refractivity contribution in [2.24, 2.45) is 0 Å². The van der Waals surface area contributed by atoms with Crippen molar-refractivity contribution in [1.29, 1.82) is 0 Å². The molecule has 0 atom stereocenters. The molecule has 4 heteroatoms. The Morgan fingerprint density at radius 3 is 2.58 bits per heavy atom. The molecule has 0 N–H and O–H groups in total. The van der Waals surface area contributed by atoms with Crippen LogP contribution in [0.25, 0.3) is 10.8 Å². The second kappa shape index (κ2) is 5.19. The molecule has 0 unspecified atom stereocenters. The van der Waals surface area contributed by atoms with E-state index in [1.807, 2.05) is 36.4 Å². The lowest BCUT2D eigenvalue weighted by molar-refractivity contribution is 0.464. The van der Waals surface area contributed by atoms with E-state index < -0.39 is 0 Å². The average Bonchev–Trinajstić information content (AvgIpc) is 2.42. The summed E-state index contributed by atoms with van der Waals surface area (Å²) in [4.78, 5) is 4.15. The molecule has 19 heavy (non-hydrogen) atoms. The van der Waals surface area contributed by atoms with Gasteiger partial charge in [0.2, 0.25) is 5.88 Å². The van der Waals surface area contributed by atoms with Crippen LogP contribution in [0.5, 0.6) is 11.6 Å². The molecule has 94 valence electrons. The van der Waals surface area contributed by atoms with E-state index in [0.717, 1.165) is 15.6 Å². The molecule has 0 aliphatic heterocycles. The van der Waals surface area contributed by atoms with Gasteiger partial charge in [-0.05, 0) is 44.9 Å². The summed E-state index contributed by atoms with van der Waals surface area (Å²) in [7, 11) is 0. The average molecular weight is 335 g/mol. The highest BCUT2D eigenvalue weighted by Crippen LogP contribution is 2.30. The normalized spacial score (nSPS) is 10.6. The van der Waals surface area contributed by atoms with Gasteiger partial charge in [0.1, 0.15) is 10.8 Å². The van der Waals surface area contributed by atoms with Crippen LogP contribution in [0, 0.1) is 0 Å². The monoisotopic (exact) mass is 333 g/mol. The Balaban J connectivity index is 1.96. The summed E-state index contributed by atoms with van der Waals surface area (Å²) >= 11 is 9.39. The number of hydrogen-bond acceptors (Lipinski definition) is 2. The summed E-state index contributed by atoms with van der Waals surface area (Å²) in [5.41, 5.74) is 0. The Morgan fingerprint density at radius 1 is 1.00 bits per heavy atom. The third-order valence-corrected chi connectivity index (χ3v) is 3.41. The first kappa shape index (κ1) is 12.5. The second-order valence-corrected chi connectivity index (χ2v) is 5.37. The van der Waals surface area contributed by atoms with Gasteiger partial charge in [-0.3, -0.25) is 0 Å². The van der Waals surface area contributed by atoms with Crippen LogP contribution in [-0.4, -0.2) is 4.98 Å². The lowest BCUT2D eigenvalue weighted by Crippen LogP contribution is -1.89. The highest BCUT2D eigenvalue weighted by molar-refractivity contribution is 9.10. The van der Waals surface area contributed by atoms with Crippen LogP contribution in [0.3, 0.4) is 0 Å². The third kappa shape index (κ3) is 2.72. The molecule has 0 amide bonds. The standard InChI is InChI=1S/C15H9BrClNO/c16-12-8-14(17)15(18-9-12)19-13-6-5-10-3-1-2-4-11(10)7-13/h1-9H. The molecule has 0 fully saturated rings. The van der Waals surface area contributed by atoms with Gasteiger partial charge in [0, 0.05) is 10.7 Å². The number of halogens is 2. The van der Waals surface area contributed by atoms with Gasteiger partial charge >= 0.3 is 0 Å². The molecule has 2 nitrogen and oxygen atoms in total. The van der Waals surface area contributed by atoms with Gasteiger partial charge in [0.05, 0.1) is 0 Å². The van der Waals surface area contributed by atoms with Crippen molar-refractivity contribution in [3.05, 3.63) is 64.2 Å². The Hall–Kier alpha value is -1.58. The van der Waals surface area contributed by atoms with E-state index in [4.69, 9.17) is 16.3 Å². The lowest BCUT2D eigenvalue weighted by Gasteiger charge is -2.07. The molecule has 0 saturated carbocycles. The van der Waals surface area contributed by atoms with Gasteiger partial charge < -0.3 is 4.74 Å². The van der Waals surface area contributed by atoms with Gasteiger partial charge in [-0.2, -0.15) is 0 Å². The van der Waals surface area contributed by atoms with Crippen molar-refractivity contribution in [3.8, 4) is 11.6 Å². The molecular weight excluding hydrogens is 326 g/mol. The summed E-state index contributed by atoms with van der Waals surface area (Å²) in [5.74, 6) is 1.12. The van der Waals surface area contributed by atoms with Crippen molar-refractivity contribution in [3.63, 3.8) is 0 Å². The Kier molecular flexibility index (Phi) is 3.40. The Labute approximate surface area is 124 Å². The van der Waals surface area contributed by atoms with Crippen molar-refractivity contribution in [2.75, 3.05) is 0 Å². The molecule has 0 saturated heterocycles. The minimum atomic E-state index is 0.403. The van der Waals surface area contributed by atoms with Crippen LogP contribution in [0.2, 0.25) is 5.02 Å². The number of aromatic nitrogens is 1. The van der Waals surface area contributed by atoms with Gasteiger partial charge in [0.15, 0.2) is 0 Å². The van der Waals surface area contributed by atoms with E-state index >= 15 is 0 Å². The molecule has 2 aromatic carbocycles. The third-order valence-electron chi connectivity index (χ3n) is 2.71. The highest BCUT2D eigenvalue weighted by atomic mass is 79.9. The van der Waals surface area contributed by atoms with Crippen molar-refractivity contribution in [2.45, 2.75) is 0 Å². The molecule has 3 rings (SSSR count). The topological polar surface area (TPSA) is 22.1 Å². The summed E-state index contributed by atoms with van der Waals surface area (Å²) in [6, 6.07) is 15.7. The van der Waals surface area contributed by atoms with Crippen molar-refractivity contribution in [1.82, 2.24) is 4.98 Å². The molecule has 0 aliphatic rings. The molecule has 0 aliphatic carbocycles. The summed E-state index contributed by atoms with van der Waals surface area (Å²) in [6.45, 7) is 0. The first-order valence-electron chi connectivity index (χ1n) is 5.70. The maximum Gasteiger partial charge on any atom is 0.238 e. The van der Waals surface area contributed by atoms with Crippen LogP contribution in [0.4, 0.5) is 0 Å². The largest absolute Gasteiger partial charge is 0.438 e. The van der Waals surface area contributed by atoms with Crippen LogP contribution in [0.15, 0.2) is 59.2 Å². The predicted octanol–water partition coefficient (Wildman–Crippen LogP) is 5.44. The van der Waals surface area contributed by atoms with E-state index in [9.17, 15) is 0 Å². The van der Waals surface area contributed by atoms with E-state index in [1.54, 1.807) is 12.3 Å².